The van der Waals surface area contributed by atoms with Crippen LogP contribution in [0.3, 0.4) is 0 Å². The predicted octanol–water partition coefficient (Wildman–Crippen LogP) is 2.24. The number of carbonyl (C=O) groups is 2. The second-order valence-corrected chi connectivity index (χ2v) is 6.83. The van der Waals surface area contributed by atoms with Crippen LogP contribution in [0.25, 0.3) is 0 Å². The summed E-state index contributed by atoms with van der Waals surface area (Å²) in [7, 11) is 3.09. The van der Waals surface area contributed by atoms with Gasteiger partial charge in [-0.1, -0.05) is 11.6 Å². The van der Waals surface area contributed by atoms with E-state index in [1.807, 2.05) is 26.0 Å². The zero-order valence-electron chi connectivity index (χ0n) is 12.8. The minimum Gasteiger partial charge on any atom is -0.468 e. The second-order valence-electron chi connectivity index (χ2n) is 5.03. The first-order chi connectivity index (χ1) is 9.83. The molecule has 0 unspecified atom stereocenters. The SMILES string of the molecule is COC(=O)CN(CC(=O)N(C)Cc1ccc(Cl)s1)C(C)C. The highest BCUT2D eigenvalue weighted by Crippen LogP contribution is 2.22. The molecule has 1 aromatic rings. The first-order valence-corrected chi connectivity index (χ1v) is 7.82. The summed E-state index contributed by atoms with van der Waals surface area (Å²) in [6.45, 7) is 4.69. The molecule has 0 bridgehead atoms. The van der Waals surface area contributed by atoms with E-state index in [0.29, 0.717) is 10.9 Å². The summed E-state index contributed by atoms with van der Waals surface area (Å²) in [5.74, 6) is -0.388. The smallest absolute Gasteiger partial charge is 0.319 e. The molecule has 0 N–H and O–H groups in total. The highest BCUT2D eigenvalue weighted by atomic mass is 35.5. The average Bonchev–Trinajstić information content (AvgIpc) is 2.82. The monoisotopic (exact) mass is 332 g/mol. The molecule has 1 rings (SSSR count). The maximum absolute atomic E-state index is 12.2. The fourth-order valence-corrected chi connectivity index (χ4v) is 2.85. The zero-order chi connectivity index (χ0) is 16.0. The van der Waals surface area contributed by atoms with Gasteiger partial charge in [0.1, 0.15) is 0 Å². The molecule has 0 aliphatic carbocycles. The average molecular weight is 333 g/mol. The van der Waals surface area contributed by atoms with Crippen LogP contribution in [-0.4, -0.2) is 55.0 Å². The van der Waals surface area contributed by atoms with Gasteiger partial charge in [-0.3, -0.25) is 14.5 Å². The summed E-state index contributed by atoms with van der Waals surface area (Å²) in [5.41, 5.74) is 0. The molecule has 0 saturated carbocycles. The molecular formula is C14H21ClN2O3S. The number of halogens is 1. The highest BCUT2D eigenvalue weighted by molar-refractivity contribution is 7.16. The van der Waals surface area contributed by atoms with Crippen LogP contribution in [0.5, 0.6) is 0 Å². The number of esters is 1. The van der Waals surface area contributed by atoms with Gasteiger partial charge in [0.05, 0.1) is 31.1 Å². The van der Waals surface area contributed by atoms with Gasteiger partial charge in [-0.25, -0.2) is 0 Å². The Hall–Kier alpha value is -1.11. The van der Waals surface area contributed by atoms with Gasteiger partial charge in [0.15, 0.2) is 0 Å². The Bertz CT molecular complexity index is 490. The number of ether oxygens (including phenoxy) is 1. The van der Waals surface area contributed by atoms with Crippen LogP contribution in [0, 0.1) is 0 Å². The standard InChI is InChI=1S/C14H21ClN2O3S/c1-10(2)17(9-14(19)20-4)8-13(18)16(3)7-11-5-6-12(15)21-11/h5-6,10H,7-9H2,1-4H3. The van der Waals surface area contributed by atoms with Gasteiger partial charge in [0.25, 0.3) is 0 Å². The summed E-state index contributed by atoms with van der Waals surface area (Å²) in [6, 6.07) is 3.81. The number of methoxy groups -OCH3 is 1. The molecule has 0 atom stereocenters. The van der Waals surface area contributed by atoms with Crippen molar-refractivity contribution in [2.45, 2.75) is 26.4 Å². The molecular weight excluding hydrogens is 312 g/mol. The van der Waals surface area contributed by atoms with Gasteiger partial charge in [-0.15, -0.1) is 11.3 Å². The Morgan fingerprint density at radius 1 is 1.33 bits per heavy atom. The van der Waals surface area contributed by atoms with Gasteiger partial charge in [0.2, 0.25) is 5.91 Å². The first-order valence-electron chi connectivity index (χ1n) is 6.62. The molecule has 0 fully saturated rings. The summed E-state index contributed by atoms with van der Waals surface area (Å²) < 4.78 is 5.36. The minimum atomic E-state index is -0.343. The molecule has 1 amide bonds. The van der Waals surface area contributed by atoms with Crippen molar-refractivity contribution in [2.75, 3.05) is 27.2 Å². The van der Waals surface area contributed by atoms with Crippen LogP contribution in [0.4, 0.5) is 0 Å². The van der Waals surface area contributed by atoms with Gasteiger partial charge < -0.3 is 9.64 Å². The number of hydrogen-bond donors (Lipinski definition) is 0. The molecule has 0 radical (unpaired) electrons. The lowest BCUT2D eigenvalue weighted by atomic mass is 10.3. The van der Waals surface area contributed by atoms with Crippen molar-refractivity contribution < 1.29 is 14.3 Å². The van der Waals surface area contributed by atoms with Gasteiger partial charge >= 0.3 is 5.97 Å². The maximum Gasteiger partial charge on any atom is 0.319 e. The first kappa shape index (κ1) is 17.9. The Balaban J connectivity index is 2.57. The van der Waals surface area contributed by atoms with Crippen molar-refractivity contribution >= 4 is 34.8 Å². The third-order valence-electron chi connectivity index (χ3n) is 3.08. The summed E-state index contributed by atoms with van der Waals surface area (Å²) in [6.07, 6.45) is 0. The molecule has 5 nitrogen and oxygen atoms in total. The molecule has 0 aromatic carbocycles. The van der Waals surface area contributed by atoms with Gasteiger partial charge in [0, 0.05) is 18.0 Å². The predicted molar refractivity (Wildman–Crippen MR) is 84.5 cm³/mol. The van der Waals surface area contributed by atoms with Crippen molar-refractivity contribution in [1.29, 1.82) is 0 Å². The summed E-state index contributed by atoms with van der Waals surface area (Å²) >= 11 is 7.33. The Kier molecular flexibility index (Phi) is 7.14. The minimum absolute atomic E-state index is 0.0443. The number of thiophene rings is 1. The van der Waals surface area contributed by atoms with Crippen LogP contribution in [0.1, 0.15) is 18.7 Å². The van der Waals surface area contributed by atoms with E-state index in [-0.39, 0.29) is 31.0 Å². The topological polar surface area (TPSA) is 49.9 Å². The molecule has 7 heteroatoms. The molecule has 0 spiro atoms. The lowest BCUT2D eigenvalue weighted by Crippen LogP contribution is -2.43. The number of nitrogens with zero attached hydrogens (tertiary/aromatic N) is 2. The molecule has 0 aliphatic rings. The molecule has 21 heavy (non-hydrogen) atoms. The molecule has 1 heterocycles. The Morgan fingerprint density at radius 3 is 2.48 bits per heavy atom. The van der Waals surface area contributed by atoms with E-state index < -0.39 is 0 Å². The third kappa shape index (κ3) is 6.03. The maximum atomic E-state index is 12.2. The number of likely N-dealkylation sites (N-methyl/N-ethyl adjacent to an activating group) is 1. The van der Waals surface area contributed by atoms with Crippen LogP contribution in [0.2, 0.25) is 4.34 Å². The fraction of sp³-hybridized carbons (Fsp3) is 0.571. The van der Waals surface area contributed by atoms with E-state index in [4.69, 9.17) is 11.6 Å². The summed E-state index contributed by atoms with van der Waals surface area (Å²) in [5, 5.41) is 0. The molecule has 0 saturated heterocycles. The van der Waals surface area contributed by atoms with E-state index in [0.717, 1.165) is 4.88 Å². The van der Waals surface area contributed by atoms with E-state index in [1.54, 1.807) is 16.8 Å². The fourth-order valence-electron chi connectivity index (χ4n) is 1.70. The lowest BCUT2D eigenvalue weighted by Gasteiger charge is -2.27. The Labute approximate surface area is 134 Å². The number of carbonyl (C=O) groups excluding carboxylic acids is 2. The van der Waals surface area contributed by atoms with Gasteiger partial charge in [-0.05, 0) is 26.0 Å². The van der Waals surface area contributed by atoms with Crippen molar-refractivity contribution in [3.8, 4) is 0 Å². The third-order valence-corrected chi connectivity index (χ3v) is 4.29. The zero-order valence-corrected chi connectivity index (χ0v) is 14.3. The molecule has 0 aliphatic heterocycles. The van der Waals surface area contributed by atoms with Crippen molar-refractivity contribution in [2.24, 2.45) is 0 Å². The van der Waals surface area contributed by atoms with Crippen LogP contribution >= 0.6 is 22.9 Å². The number of rotatable bonds is 7. The van der Waals surface area contributed by atoms with E-state index >= 15 is 0 Å². The van der Waals surface area contributed by atoms with Crippen LogP contribution < -0.4 is 0 Å². The molecule has 1 aromatic heterocycles. The summed E-state index contributed by atoms with van der Waals surface area (Å²) in [4.78, 5) is 28.1. The largest absolute Gasteiger partial charge is 0.468 e. The lowest BCUT2D eigenvalue weighted by molar-refractivity contribution is -0.143. The van der Waals surface area contributed by atoms with Crippen molar-refractivity contribution in [3.63, 3.8) is 0 Å². The normalized spacial score (nSPS) is 11.0. The second kappa shape index (κ2) is 8.36. The highest BCUT2D eigenvalue weighted by Gasteiger charge is 2.20. The Morgan fingerprint density at radius 2 is 2.00 bits per heavy atom. The molecule has 118 valence electrons. The van der Waals surface area contributed by atoms with E-state index in [2.05, 4.69) is 4.74 Å². The van der Waals surface area contributed by atoms with Crippen molar-refractivity contribution in [3.05, 3.63) is 21.3 Å². The van der Waals surface area contributed by atoms with E-state index in [9.17, 15) is 9.59 Å². The number of amides is 1. The van der Waals surface area contributed by atoms with Crippen molar-refractivity contribution in [1.82, 2.24) is 9.80 Å². The van der Waals surface area contributed by atoms with E-state index in [1.165, 1.54) is 18.4 Å². The van der Waals surface area contributed by atoms with Gasteiger partial charge in [-0.2, -0.15) is 0 Å². The van der Waals surface area contributed by atoms with Crippen LogP contribution in [-0.2, 0) is 20.9 Å². The number of hydrogen-bond acceptors (Lipinski definition) is 5. The quantitative estimate of drug-likeness (QED) is 0.719. The van der Waals surface area contributed by atoms with Crippen LogP contribution in [0.15, 0.2) is 12.1 Å².